The second-order valence-corrected chi connectivity index (χ2v) is 4.07. The molecule has 0 aliphatic carbocycles. The Hall–Kier alpha value is -1.10. The minimum Gasteiger partial charge on any atom is -0.496 e. The molecular weight excluding hydrogens is 204 g/mol. The van der Waals surface area contributed by atoms with Gasteiger partial charge in [0.15, 0.2) is 0 Å². The van der Waals surface area contributed by atoms with Crippen molar-refractivity contribution in [1.82, 2.24) is 0 Å². The summed E-state index contributed by atoms with van der Waals surface area (Å²) in [6.07, 6.45) is 0. The molecule has 0 radical (unpaired) electrons. The molecule has 0 aliphatic rings. The monoisotopic (exact) mass is 224 g/mol. The van der Waals surface area contributed by atoms with Gasteiger partial charge in [0.25, 0.3) is 0 Å². The highest BCUT2D eigenvalue weighted by molar-refractivity contribution is 5.45. The SMILES string of the molecule is COc1cc(C)cc(C)c1C(N)C(N)CO. The maximum Gasteiger partial charge on any atom is 0.124 e. The first-order valence-corrected chi connectivity index (χ1v) is 5.28. The third-order valence-electron chi connectivity index (χ3n) is 2.72. The molecule has 90 valence electrons. The van der Waals surface area contributed by atoms with Gasteiger partial charge in [-0.15, -0.1) is 0 Å². The van der Waals surface area contributed by atoms with Crippen LogP contribution < -0.4 is 16.2 Å². The summed E-state index contributed by atoms with van der Waals surface area (Å²) in [5.74, 6) is 0.730. The molecule has 5 N–H and O–H groups in total. The predicted octanol–water partition coefficient (Wildman–Crippen LogP) is 0.631. The molecule has 0 heterocycles. The molecule has 16 heavy (non-hydrogen) atoms. The van der Waals surface area contributed by atoms with E-state index in [2.05, 4.69) is 0 Å². The average Bonchev–Trinajstić information content (AvgIpc) is 2.26. The van der Waals surface area contributed by atoms with E-state index >= 15 is 0 Å². The molecule has 0 fully saturated rings. The van der Waals surface area contributed by atoms with Gasteiger partial charge in [-0.25, -0.2) is 0 Å². The third kappa shape index (κ3) is 2.52. The molecule has 0 bridgehead atoms. The van der Waals surface area contributed by atoms with Crippen LogP contribution in [0.1, 0.15) is 22.7 Å². The number of aryl methyl sites for hydroxylation is 2. The van der Waals surface area contributed by atoms with Crippen molar-refractivity contribution in [3.63, 3.8) is 0 Å². The molecule has 0 aliphatic heterocycles. The average molecular weight is 224 g/mol. The molecule has 4 nitrogen and oxygen atoms in total. The number of methoxy groups -OCH3 is 1. The molecular formula is C12H20N2O2. The van der Waals surface area contributed by atoms with Crippen LogP contribution in [0.3, 0.4) is 0 Å². The van der Waals surface area contributed by atoms with Crippen LogP contribution in [0, 0.1) is 13.8 Å². The third-order valence-corrected chi connectivity index (χ3v) is 2.72. The smallest absolute Gasteiger partial charge is 0.124 e. The van der Waals surface area contributed by atoms with Gasteiger partial charge in [-0.1, -0.05) is 6.07 Å². The van der Waals surface area contributed by atoms with Crippen LogP contribution in [-0.2, 0) is 0 Å². The summed E-state index contributed by atoms with van der Waals surface area (Å²) < 4.78 is 5.31. The van der Waals surface area contributed by atoms with E-state index in [0.29, 0.717) is 0 Å². The van der Waals surface area contributed by atoms with Crippen molar-refractivity contribution in [3.05, 3.63) is 28.8 Å². The predicted molar refractivity (Wildman–Crippen MR) is 64.5 cm³/mol. The first-order chi connectivity index (χ1) is 7.51. The Morgan fingerprint density at radius 2 is 1.94 bits per heavy atom. The Labute approximate surface area is 96.2 Å². The standard InChI is InChI=1S/C12H20N2O2/c1-7-4-8(2)11(10(5-7)16-3)12(14)9(13)6-15/h4-5,9,12,15H,6,13-14H2,1-3H3. The Morgan fingerprint density at radius 1 is 1.31 bits per heavy atom. The Kier molecular flexibility index (Phi) is 4.29. The molecule has 1 rings (SSSR count). The fraction of sp³-hybridized carbons (Fsp3) is 0.500. The topological polar surface area (TPSA) is 81.5 Å². The summed E-state index contributed by atoms with van der Waals surface area (Å²) in [6.45, 7) is 3.82. The van der Waals surface area contributed by atoms with Crippen LogP contribution in [-0.4, -0.2) is 24.9 Å². The summed E-state index contributed by atoms with van der Waals surface area (Å²) in [6, 6.07) is 3.06. The fourth-order valence-corrected chi connectivity index (χ4v) is 1.86. The van der Waals surface area contributed by atoms with Crippen LogP contribution in [0.15, 0.2) is 12.1 Å². The van der Waals surface area contributed by atoms with Crippen molar-refractivity contribution >= 4 is 0 Å². The van der Waals surface area contributed by atoms with Crippen molar-refractivity contribution in [2.75, 3.05) is 13.7 Å². The Bertz CT molecular complexity index is 366. The van der Waals surface area contributed by atoms with Crippen LogP contribution >= 0.6 is 0 Å². The highest BCUT2D eigenvalue weighted by Gasteiger charge is 2.20. The molecule has 0 spiro atoms. The van der Waals surface area contributed by atoms with Gasteiger partial charge < -0.3 is 21.3 Å². The summed E-state index contributed by atoms with van der Waals surface area (Å²) in [4.78, 5) is 0. The van der Waals surface area contributed by atoms with Crippen molar-refractivity contribution in [2.24, 2.45) is 11.5 Å². The van der Waals surface area contributed by atoms with E-state index in [1.54, 1.807) is 7.11 Å². The lowest BCUT2D eigenvalue weighted by Gasteiger charge is -2.23. The number of benzene rings is 1. The van der Waals surface area contributed by atoms with E-state index in [4.69, 9.17) is 21.3 Å². The van der Waals surface area contributed by atoms with Crippen molar-refractivity contribution in [3.8, 4) is 5.75 Å². The maximum atomic E-state index is 9.03. The molecule has 0 saturated heterocycles. The van der Waals surface area contributed by atoms with Gasteiger partial charge in [0.2, 0.25) is 0 Å². The molecule has 2 unspecified atom stereocenters. The molecule has 0 saturated carbocycles. The van der Waals surface area contributed by atoms with Gasteiger partial charge in [-0.3, -0.25) is 0 Å². The van der Waals surface area contributed by atoms with E-state index in [1.165, 1.54) is 0 Å². The zero-order chi connectivity index (χ0) is 12.3. The number of hydrogen-bond acceptors (Lipinski definition) is 4. The number of aliphatic hydroxyl groups excluding tert-OH is 1. The zero-order valence-electron chi connectivity index (χ0n) is 10.0. The quantitative estimate of drug-likeness (QED) is 0.700. The Morgan fingerprint density at radius 3 is 2.44 bits per heavy atom. The minimum atomic E-state index is -0.477. The first-order valence-electron chi connectivity index (χ1n) is 5.28. The van der Waals surface area contributed by atoms with E-state index in [1.807, 2.05) is 26.0 Å². The van der Waals surface area contributed by atoms with Crippen molar-refractivity contribution < 1.29 is 9.84 Å². The largest absolute Gasteiger partial charge is 0.496 e. The normalized spacial score (nSPS) is 14.6. The lowest BCUT2D eigenvalue weighted by molar-refractivity contribution is 0.248. The molecule has 1 aromatic rings. The first kappa shape index (κ1) is 13.0. The summed E-state index contributed by atoms with van der Waals surface area (Å²) in [7, 11) is 1.61. The number of aliphatic hydroxyl groups is 1. The number of rotatable bonds is 4. The van der Waals surface area contributed by atoms with E-state index < -0.39 is 12.1 Å². The van der Waals surface area contributed by atoms with E-state index in [9.17, 15) is 0 Å². The Balaban J connectivity index is 3.20. The van der Waals surface area contributed by atoms with Gasteiger partial charge in [-0.05, 0) is 31.0 Å². The minimum absolute atomic E-state index is 0.141. The highest BCUT2D eigenvalue weighted by Crippen LogP contribution is 2.29. The maximum absolute atomic E-state index is 9.03. The van der Waals surface area contributed by atoms with Crippen LogP contribution in [0.2, 0.25) is 0 Å². The summed E-state index contributed by atoms with van der Waals surface area (Å²) >= 11 is 0. The van der Waals surface area contributed by atoms with Crippen molar-refractivity contribution in [1.29, 1.82) is 0 Å². The van der Waals surface area contributed by atoms with Gasteiger partial charge >= 0.3 is 0 Å². The number of nitrogens with two attached hydrogens (primary N) is 2. The van der Waals surface area contributed by atoms with E-state index in [-0.39, 0.29) is 6.61 Å². The molecule has 1 aromatic carbocycles. The van der Waals surface area contributed by atoms with Crippen LogP contribution in [0.4, 0.5) is 0 Å². The van der Waals surface area contributed by atoms with Crippen LogP contribution in [0.25, 0.3) is 0 Å². The van der Waals surface area contributed by atoms with Gasteiger partial charge in [0, 0.05) is 11.6 Å². The second kappa shape index (κ2) is 5.30. The number of ether oxygens (including phenoxy) is 1. The van der Waals surface area contributed by atoms with Crippen molar-refractivity contribution in [2.45, 2.75) is 25.9 Å². The van der Waals surface area contributed by atoms with Gasteiger partial charge in [0.05, 0.1) is 19.8 Å². The van der Waals surface area contributed by atoms with Gasteiger partial charge in [0.1, 0.15) is 5.75 Å². The molecule has 0 aromatic heterocycles. The van der Waals surface area contributed by atoms with E-state index in [0.717, 1.165) is 22.4 Å². The highest BCUT2D eigenvalue weighted by atomic mass is 16.5. The molecule has 2 atom stereocenters. The fourth-order valence-electron chi connectivity index (χ4n) is 1.86. The zero-order valence-corrected chi connectivity index (χ0v) is 10.0. The lowest BCUT2D eigenvalue weighted by Crippen LogP contribution is -2.37. The number of hydrogen-bond donors (Lipinski definition) is 3. The molecule has 0 amide bonds. The van der Waals surface area contributed by atoms with Gasteiger partial charge in [-0.2, -0.15) is 0 Å². The van der Waals surface area contributed by atoms with Crippen LogP contribution in [0.5, 0.6) is 5.75 Å². The summed E-state index contributed by atoms with van der Waals surface area (Å²) in [5.41, 5.74) is 14.8. The molecule has 4 heteroatoms. The summed E-state index contributed by atoms with van der Waals surface area (Å²) in [5, 5.41) is 9.03. The second-order valence-electron chi connectivity index (χ2n) is 4.07. The lowest BCUT2D eigenvalue weighted by atomic mass is 9.94.